The van der Waals surface area contributed by atoms with Crippen molar-refractivity contribution in [2.24, 2.45) is 0 Å². The van der Waals surface area contributed by atoms with Gasteiger partial charge in [-0.15, -0.1) is 0 Å². The van der Waals surface area contributed by atoms with Gasteiger partial charge in [-0.1, -0.05) is 12.1 Å². The van der Waals surface area contributed by atoms with Gasteiger partial charge in [0.2, 0.25) is 0 Å². The van der Waals surface area contributed by atoms with Crippen molar-refractivity contribution in [3.8, 4) is 11.4 Å². The molecule has 0 N–H and O–H groups in total. The molecule has 1 aromatic heterocycles. The van der Waals surface area contributed by atoms with Gasteiger partial charge in [0.05, 0.1) is 18.0 Å². The number of rotatable bonds is 2. The van der Waals surface area contributed by atoms with Crippen LogP contribution in [0.2, 0.25) is 0 Å². The maximum atomic E-state index is 12.9. The third kappa shape index (κ3) is 2.77. The molecule has 136 valence electrons. The summed E-state index contributed by atoms with van der Waals surface area (Å²) in [6.45, 7) is 4.27. The molecule has 0 atom stereocenters. The normalized spacial score (nSPS) is 15.7. The van der Waals surface area contributed by atoms with E-state index in [0.29, 0.717) is 45.1 Å². The van der Waals surface area contributed by atoms with E-state index in [1.54, 1.807) is 23.1 Å². The van der Waals surface area contributed by atoms with Crippen LogP contribution in [-0.2, 0) is 11.3 Å². The Morgan fingerprint density at radius 3 is 2.65 bits per heavy atom. The number of para-hydroxylation sites is 2. The third-order valence-corrected chi connectivity index (χ3v) is 4.65. The Balaban J connectivity index is 1.50. The fraction of sp³-hybridized carbons (Fsp3) is 0.389. The van der Waals surface area contributed by atoms with E-state index in [9.17, 15) is 9.59 Å². The highest BCUT2D eigenvalue weighted by molar-refractivity contribution is 5.94. The topological polar surface area (TPSA) is 76.9 Å². The number of fused-ring (bicyclic) bond motifs is 3. The molecule has 2 aliphatic rings. The Kier molecular flexibility index (Phi) is 4.24. The molecule has 0 unspecified atom stereocenters. The second-order valence-corrected chi connectivity index (χ2v) is 6.14. The van der Waals surface area contributed by atoms with Crippen molar-refractivity contribution < 1.29 is 19.1 Å². The van der Waals surface area contributed by atoms with E-state index in [-0.39, 0.29) is 12.0 Å². The van der Waals surface area contributed by atoms with Gasteiger partial charge in [0, 0.05) is 26.2 Å². The van der Waals surface area contributed by atoms with Crippen molar-refractivity contribution in [1.29, 1.82) is 0 Å². The first-order valence-corrected chi connectivity index (χ1v) is 8.68. The van der Waals surface area contributed by atoms with Crippen LogP contribution in [0.1, 0.15) is 23.1 Å². The van der Waals surface area contributed by atoms with Crippen molar-refractivity contribution >= 4 is 12.0 Å². The van der Waals surface area contributed by atoms with Crippen LogP contribution in [0.15, 0.2) is 30.6 Å². The summed E-state index contributed by atoms with van der Waals surface area (Å²) in [4.78, 5) is 32.4. The summed E-state index contributed by atoms with van der Waals surface area (Å²) in [5.74, 6) is 0.643. The summed E-state index contributed by atoms with van der Waals surface area (Å²) in [5.41, 5.74) is 2.04. The predicted molar refractivity (Wildman–Crippen MR) is 92.4 cm³/mol. The molecule has 0 aliphatic carbocycles. The highest BCUT2D eigenvalue weighted by Crippen LogP contribution is 2.30. The predicted octanol–water partition coefficient (Wildman–Crippen LogP) is 1.68. The summed E-state index contributed by atoms with van der Waals surface area (Å²) in [7, 11) is 0. The summed E-state index contributed by atoms with van der Waals surface area (Å²) in [6.07, 6.45) is 1.34. The van der Waals surface area contributed by atoms with Gasteiger partial charge in [-0.05, 0) is 19.1 Å². The molecule has 0 bridgehead atoms. The number of carbonyl (C=O) groups excluding carboxylic acids is 2. The minimum atomic E-state index is -0.330. The minimum Gasteiger partial charge on any atom is -0.485 e. The summed E-state index contributed by atoms with van der Waals surface area (Å²) < 4.78 is 12.7. The molecule has 0 saturated carbocycles. The molecule has 1 saturated heterocycles. The molecule has 4 rings (SSSR count). The highest BCUT2D eigenvalue weighted by atomic mass is 16.6. The van der Waals surface area contributed by atoms with Gasteiger partial charge in [-0.3, -0.25) is 9.36 Å². The van der Waals surface area contributed by atoms with Crippen molar-refractivity contribution in [3.05, 3.63) is 42.0 Å². The second-order valence-electron chi connectivity index (χ2n) is 6.14. The molecule has 1 aromatic carbocycles. The van der Waals surface area contributed by atoms with Crippen molar-refractivity contribution in [3.63, 3.8) is 0 Å². The van der Waals surface area contributed by atoms with Crippen LogP contribution in [0.3, 0.4) is 0 Å². The number of imidazole rings is 1. The molecule has 26 heavy (non-hydrogen) atoms. The average Bonchev–Trinajstić information content (AvgIpc) is 3.12. The number of amides is 2. The number of hydrogen-bond donors (Lipinski definition) is 0. The molecule has 0 spiro atoms. The number of piperazine rings is 1. The number of carbonyl (C=O) groups is 2. The van der Waals surface area contributed by atoms with Gasteiger partial charge in [0.15, 0.2) is 5.69 Å². The van der Waals surface area contributed by atoms with E-state index in [1.807, 2.05) is 28.8 Å². The second kappa shape index (κ2) is 6.70. The molecule has 8 heteroatoms. The van der Waals surface area contributed by atoms with E-state index in [4.69, 9.17) is 9.47 Å². The van der Waals surface area contributed by atoms with E-state index in [1.165, 1.54) is 0 Å². The standard InChI is InChI=1S/C18H20N4O4/c1-2-25-18(24)21-9-7-20(8-10-21)17(23)16-14-11-26-15-6-4-3-5-13(15)22(14)12-19-16/h3-6,12H,2,7-11H2,1H3. The van der Waals surface area contributed by atoms with E-state index >= 15 is 0 Å². The molecule has 2 aliphatic heterocycles. The van der Waals surface area contributed by atoms with Crippen LogP contribution in [0, 0.1) is 0 Å². The van der Waals surface area contributed by atoms with Gasteiger partial charge >= 0.3 is 6.09 Å². The van der Waals surface area contributed by atoms with Gasteiger partial charge in [-0.2, -0.15) is 0 Å². The lowest BCUT2D eigenvalue weighted by atomic mass is 10.2. The molecule has 3 heterocycles. The van der Waals surface area contributed by atoms with Gasteiger partial charge in [0.1, 0.15) is 18.7 Å². The zero-order valence-corrected chi connectivity index (χ0v) is 14.6. The first-order valence-electron chi connectivity index (χ1n) is 8.68. The number of hydrogen-bond acceptors (Lipinski definition) is 5. The molecule has 8 nitrogen and oxygen atoms in total. The summed E-state index contributed by atoms with van der Waals surface area (Å²) in [5, 5.41) is 0. The van der Waals surface area contributed by atoms with Crippen molar-refractivity contribution in [2.75, 3.05) is 32.8 Å². The van der Waals surface area contributed by atoms with Crippen LogP contribution >= 0.6 is 0 Å². The largest absolute Gasteiger partial charge is 0.485 e. The molecule has 2 aromatic rings. The zero-order chi connectivity index (χ0) is 18.1. The fourth-order valence-corrected chi connectivity index (χ4v) is 3.28. The van der Waals surface area contributed by atoms with Crippen LogP contribution in [0.5, 0.6) is 5.75 Å². The van der Waals surface area contributed by atoms with Crippen LogP contribution in [-0.4, -0.2) is 64.1 Å². The van der Waals surface area contributed by atoms with Gasteiger partial charge in [-0.25, -0.2) is 9.78 Å². The molecular formula is C18H20N4O4. The highest BCUT2D eigenvalue weighted by Gasteiger charge is 2.30. The Bertz CT molecular complexity index is 839. The van der Waals surface area contributed by atoms with E-state index in [2.05, 4.69) is 4.98 Å². The zero-order valence-electron chi connectivity index (χ0n) is 14.6. The molecule has 1 fully saturated rings. The van der Waals surface area contributed by atoms with Gasteiger partial charge in [0.25, 0.3) is 5.91 Å². The molecular weight excluding hydrogens is 336 g/mol. The SMILES string of the molecule is CCOC(=O)N1CCN(C(=O)c2ncn3c2COc2ccccc2-3)CC1. The monoisotopic (exact) mass is 356 g/mol. The quantitative estimate of drug-likeness (QED) is 0.818. The lowest BCUT2D eigenvalue weighted by Gasteiger charge is -2.34. The Morgan fingerprint density at radius 2 is 1.88 bits per heavy atom. The summed E-state index contributed by atoms with van der Waals surface area (Å²) in [6, 6.07) is 7.67. The Hall–Kier alpha value is -3.03. The first kappa shape index (κ1) is 16.4. The fourth-order valence-electron chi connectivity index (χ4n) is 3.28. The number of aromatic nitrogens is 2. The lowest BCUT2D eigenvalue weighted by molar-refractivity contribution is 0.0564. The van der Waals surface area contributed by atoms with E-state index < -0.39 is 0 Å². The molecule has 0 radical (unpaired) electrons. The number of benzene rings is 1. The van der Waals surface area contributed by atoms with Crippen LogP contribution in [0.25, 0.3) is 5.69 Å². The Morgan fingerprint density at radius 1 is 1.15 bits per heavy atom. The average molecular weight is 356 g/mol. The lowest BCUT2D eigenvalue weighted by Crippen LogP contribution is -2.51. The number of ether oxygens (including phenoxy) is 2. The van der Waals surface area contributed by atoms with Crippen molar-refractivity contribution in [1.82, 2.24) is 19.4 Å². The van der Waals surface area contributed by atoms with Crippen LogP contribution in [0.4, 0.5) is 4.79 Å². The van der Waals surface area contributed by atoms with Gasteiger partial charge < -0.3 is 19.3 Å². The smallest absolute Gasteiger partial charge is 0.409 e. The third-order valence-electron chi connectivity index (χ3n) is 4.65. The minimum absolute atomic E-state index is 0.134. The number of nitrogens with zero attached hydrogens (tertiary/aromatic N) is 4. The first-order chi connectivity index (χ1) is 12.7. The van der Waals surface area contributed by atoms with Crippen LogP contribution < -0.4 is 4.74 Å². The summed E-state index contributed by atoms with van der Waals surface area (Å²) >= 11 is 0. The Labute approximate surface area is 150 Å². The van der Waals surface area contributed by atoms with E-state index in [0.717, 1.165) is 17.1 Å². The maximum Gasteiger partial charge on any atom is 0.409 e. The maximum absolute atomic E-state index is 12.9. The molecule has 2 amide bonds. The van der Waals surface area contributed by atoms with Crippen molar-refractivity contribution in [2.45, 2.75) is 13.5 Å².